The monoisotopic (exact) mass is 470 g/mol. The highest BCUT2D eigenvalue weighted by Gasteiger charge is 2.13. The molecule has 1 amide bonds. The van der Waals surface area contributed by atoms with Crippen LogP contribution in [-0.4, -0.2) is 39.4 Å². The van der Waals surface area contributed by atoms with Gasteiger partial charge in [0.15, 0.2) is 12.4 Å². The summed E-state index contributed by atoms with van der Waals surface area (Å²) in [6.45, 7) is -0.401. The molecule has 29 heavy (non-hydrogen) atoms. The number of H-pyrrole nitrogens is 1. The van der Waals surface area contributed by atoms with Crippen molar-refractivity contribution in [3.8, 4) is 11.4 Å². The number of thioether (sulfide) groups is 1. The molecule has 1 aromatic heterocycles. The first-order chi connectivity index (χ1) is 13.9. The molecule has 3 rings (SSSR count). The molecular formula is C18H13Cl3N4O3S. The van der Waals surface area contributed by atoms with E-state index in [2.05, 4.69) is 20.5 Å². The predicted octanol–water partition coefficient (Wildman–Crippen LogP) is 4.71. The maximum Gasteiger partial charge on any atom is 0.316 e. The van der Waals surface area contributed by atoms with E-state index in [0.29, 0.717) is 37.3 Å². The molecule has 150 valence electrons. The van der Waals surface area contributed by atoms with Crippen LogP contribution in [0.3, 0.4) is 0 Å². The number of carbonyl (C=O) groups is 2. The zero-order valence-electron chi connectivity index (χ0n) is 14.6. The van der Waals surface area contributed by atoms with E-state index in [4.69, 9.17) is 39.5 Å². The number of ether oxygens (including phenoxy) is 1. The zero-order chi connectivity index (χ0) is 20.8. The fourth-order valence-electron chi connectivity index (χ4n) is 2.15. The molecule has 3 aromatic rings. The van der Waals surface area contributed by atoms with Gasteiger partial charge >= 0.3 is 5.97 Å². The van der Waals surface area contributed by atoms with Crippen LogP contribution in [0.1, 0.15) is 0 Å². The predicted molar refractivity (Wildman–Crippen MR) is 114 cm³/mol. The number of aromatic amines is 1. The fraction of sp³-hybridized carbons (Fsp3) is 0.111. The van der Waals surface area contributed by atoms with E-state index >= 15 is 0 Å². The Balaban J connectivity index is 1.45. The second-order valence-corrected chi connectivity index (χ2v) is 7.82. The van der Waals surface area contributed by atoms with E-state index in [0.717, 1.165) is 11.8 Å². The van der Waals surface area contributed by atoms with Gasteiger partial charge in [0.1, 0.15) is 0 Å². The number of benzene rings is 2. The van der Waals surface area contributed by atoms with Crippen LogP contribution in [-0.2, 0) is 14.3 Å². The van der Waals surface area contributed by atoms with Gasteiger partial charge in [-0.25, -0.2) is 4.98 Å². The number of hydrogen-bond acceptors (Lipinski definition) is 6. The first kappa shape index (κ1) is 21.4. The molecule has 0 aliphatic carbocycles. The maximum atomic E-state index is 11.8. The van der Waals surface area contributed by atoms with Crippen LogP contribution in [0.4, 0.5) is 5.69 Å². The van der Waals surface area contributed by atoms with E-state index in [9.17, 15) is 9.59 Å². The Morgan fingerprint density at radius 2 is 1.79 bits per heavy atom. The molecule has 0 aliphatic rings. The minimum absolute atomic E-state index is 0.0557. The molecule has 7 nitrogen and oxygen atoms in total. The Bertz CT molecular complexity index is 1030. The summed E-state index contributed by atoms with van der Waals surface area (Å²) in [6, 6.07) is 11.6. The van der Waals surface area contributed by atoms with Crippen molar-refractivity contribution in [3.63, 3.8) is 0 Å². The average molecular weight is 472 g/mol. The number of halogens is 3. The normalized spacial score (nSPS) is 10.6. The van der Waals surface area contributed by atoms with Gasteiger partial charge in [-0.15, -0.1) is 5.10 Å². The lowest BCUT2D eigenvalue weighted by molar-refractivity contribution is -0.144. The lowest BCUT2D eigenvalue weighted by Gasteiger charge is -2.06. The minimum atomic E-state index is -0.572. The largest absolute Gasteiger partial charge is 0.455 e. The summed E-state index contributed by atoms with van der Waals surface area (Å²) in [6.07, 6.45) is 0. The summed E-state index contributed by atoms with van der Waals surface area (Å²) in [5.41, 5.74) is 1.19. The van der Waals surface area contributed by atoms with Gasteiger partial charge in [0.2, 0.25) is 5.16 Å². The lowest BCUT2D eigenvalue weighted by Crippen LogP contribution is -2.21. The summed E-state index contributed by atoms with van der Waals surface area (Å²) < 4.78 is 4.95. The molecule has 0 atom stereocenters. The standard InChI is InChI=1S/C18H13Cl3N4O3S/c19-10-1-4-12(5-2-10)22-15(26)8-28-16(27)9-29-18-23-17(24-25-18)13-6-3-11(20)7-14(13)21/h1-7H,8-9H2,(H,22,26)(H,23,24,25). The fourth-order valence-corrected chi connectivity index (χ4v) is 3.37. The topological polar surface area (TPSA) is 97.0 Å². The highest BCUT2D eigenvalue weighted by atomic mass is 35.5. The molecule has 0 aliphatic heterocycles. The summed E-state index contributed by atoms with van der Waals surface area (Å²) in [5, 5.41) is 11.2. The Morgan fingerprint density at radius 1 is 1.07 bits per heavy atom. The van der Waals surface area contributed by atoms with Gasteiger partial charge in [-0.2, -0.15) is 0 Å². The van der Waals surface area contributed by atoms with Gasteiger partial charge in [-0.05, 0) is 42.5 Å². The van der Waals surface area contributed by atoms with Crippen LogP contribution in [0.15, 0.2) is 47.6 Å². The molecule has 0 unspecified atom stereocenters. The number of rotatable bonds is 7. The number of esters is 1. The van der Waals surface area contributed by atoms with Crippen molar-refractivity contribution in [1.29, 1.82) is 0 Å². The number of anilines is 1. The van der Waals surface area contributed by atoms with Crippen LogP contribution < -0.4 is 5.32 Å². The Morgan fingerprint density at radius 3 is 2.52 bits per heavy atom. The van der Waals surface area contributed by atoms with E-state index < -0.39 is 18.5 Å². The quantitative estimate of drug-likeness (QED) is 0.383. The van der Waals surface area contributed by atoms with E-state index in [1.54, 1.807) is 42.5 Å². The Hall–Kier alpha value is -2.26. The number of aromatic nitrogens is 3. The van der Waals surface area contributed by atoms with Gasteiger partial charge in [-0.1, -0.05) is 46.6 Å². The molecule has 0 bridgehead atoms. The van der Waals surface area contributed by atoms with Crippen molar-refractivity contribution >= 4 is 64.1 Å². The van der Waals surface area contributed by atoms with Gasteiger partial charge in [0.05, 0.1) is 10.8 Å². The molecular weight excluding hydrogens is 459 g/mol. The second-order valence-electron chi connectivity index (χ2n) is 5.60. The Kier molecular flexibility index (Phi) is 7.38. The number of hydrogen-bond donors (Lipinski definition) is 2. The average Bonchev–Trinajstić information content (AvgIpc) is 3.15. The molecule has 1 heterocycles. The van der Waals surface area contributed by atoms with Crippen LogP contribution in [0.2, 0.25) is 15.1 Å². The summed E-state index contributed by atoms with van der Waals surface area (Å²) >= 11 is 18.9. The number of nitrogens with zero attached hydrogens (tertiary/aromatic N) is 2. The van der Waals surface area contributed by atoms with E-state index in [1.165, 1.54) is 0 Å². The summed E-state index contributed by atoms with van der Waals surface area (Å²) in [7, 11) is 0. The van der Waals surface area contributed by atoms with Crippen LogP contribution in [0.25, 0.3) is 11.4 Å². The number of nitrogens with one attached hydrogen (secondary N) is 2. The third-order valence-electron chi connectivity index (χ3n) is 3.46. The smallest absolute Gasteiger partial charge is 0.316 e. The highest BCUT2D eigenvalue weighted by molar-refractivity contribution is 7.99. The van der Waals surface area contributed by atoms with Crippen LogP contribution in [0, 0.1) is 0 Å². The summed E-state index contributed by atoms with van der Waals surface area (Å²) in [5.74, 6) is -0.634. The number of amides is 1. The van der Waals surface area contributed by atoms with Crippen LogP contribution in [0.5, 0.6) is 0 Å². The highest BCUT2D eigenvalue weighted by Crippen LogP contribution is 2.29. The van der Waals surface area contributed by atoms with Crippen molar-refractivity contribution in [1.82, 2.24) is 15.2 Å². The van der Waals surface area contributed by atoms with E-state index in [-0.39, 0.29) is 5.75 Å². The third-order valence-corrected chi connectivity index (χ3v) is 5.08. The Labute approximate surface area is 185 Å². The molecule has 2 N–H and O–H groups in total. The minimum Gasteiger partial charge on any atom is -0.455 e. The molecule has 0 radical (unpaired) electrons. The molecule has 0 saturated carbocycles. The van der Waals surface area contributed by atoms with Gasteiger partial charge in [-0.3, -0.25) is 14.7 Å². The first-order valence-corrected chi connectivity index (χ1v) is 10.2. The lowest BCUT2D eigenvalue weighted by atomic mass is 10.2. The second kappa shape index (κ2) is 9.98. The molecule has 0 fully saturated rings. The molecule has 2 aromatic carbocycles. The first-order valence-electron chi connectivity index (χ1n) is 8.12. The van der Waals surface area contributed by atoms with Crippen LogP contribution >= 0.6 is 46.6 Å². The zero-order valence-corrected chi connectivity index (χ0v) is 17.7. The SMILES string of the molecule is O=C(COC(=O)CSc1n[nH]c(-c2ccc(Cl)cc2Cl)n1)Nc1ccc(Cl)cc1. The molecule has 0 saturated heterocycles. The van der Waals surface area contributed by atoms with Crippen molar-refractivity contribution in [2.45, 2.75) is 5.16 Å². The van der Waals surface area contributed by atoms with Gasteiger partial charge < -0.3 is 10.1 Å². The third kappa shape index (κ3) is 6.37. The van der Waals surface area contributed by atoms with Crippen molar-refractivity contribution in [3.05, 3.63) is 57.5 Å². The van der Waals surface area contributed by atoms with Gasteiger partial charge in [0.25, 0.3) is 5.91 Å². The molecule has 0 spiro atoms. The van der Waals surface area contributed by atoms with Crippen molar-refractivity contribution in [2.24, 2.45) is 0 Å². The van der Waals surface area contributed by atoms with Crippen molar-refractivity contribution < 1.29 is 14.3 Å². The van der Waals surface area contributed by atoms with E-state index in [1.807, 2.05) is 0 Å². The van der Waals surface area contributed by atoms with Gasteiger partial charge in [0, 0.05) is 21.3 Å². The van der Waals surface area contributed by atoms with Crippen molar-refractivity contribution in [2.75, 3.05) is 17.7 Å². The molecule has 11 heteroatoms. The summed E-state index contributed by atoms with van der Waals surface area (Å²) in [4.78, 5) is 27.9. The maximum absolute atomic E-state index is 11.8. The number of carbonyl (C=O) groups excluding carboxylic acids is 2.